The van der Waals surface area contributed by atoms with Crippen LogP contribution in [0, 0.1) is 5.92 Å². The lowest BCUT2D eigenvalue weighted by atomic mass is 10.0. The first-order valence-electron chi connectivity index (χ1n) is 6.78. The predicted octanol–water partition coefficient (Wildman–Crippen LogP) is 1.72. The Hall–Kier alpha value is -1.40. The molecule has 0 spiro atoms. The van der Waals surface area contributed by atoms with Crippen LogP contribution < -0.4 is 5.32 Å². The summed E-state index contributed by atoms with van der Waals surface area (Å²) >= 11 is 1.61. The Morgan fingerprint density at radius 3 is 2.90 bits per heavy atom. The van der Waals surface area contributed by atoms with Crippen molar-refractivity contribution in [3.8, 4) is 0 Å². The number of hydrogen-bond acceptors (Lipinski definition) is 4. The molecule has 20 heavy (non-hydrogen) atoms. The molecule has 0 aromatic carbocycles. The molecule has 1 aliphatic rings. The van der Waals surface area contributed by atoms with Crippen molar-refractivity contribution in [3.63, 3.8) is 0 Å². The number of carboxylic acid groups (broad SMARTS) is 1. The highest BCUT2D eigenvalue weighted by atomic mass is 32.1. The minimum absolute atomic E-state index is 0.00400. The molecule has 2 heterocycles. The van der Waals surface area contributed by atoms with Gasteiger partial charge in [0.1, 0.15) is 0 Å². The molecule has 1 aromatic heterocycles. The van der Waals surface area contributed by atoms with E-state index in [2.05, 4.69) is 5.32 Å². The van der Waals surface area contributed by atoms with Gasteiger partial charge in [-0.2, -0.15) is 0 Å². The minimum atomic E-state index is -0.771. The number of hydrogen-bond donors (Lipinski definition) is 2. The molecule has 5 nitrogen and oxygen atoms in total. The fourth-order valence-electron chi connectivity index (χ4n) is 2.64. The van der Waals surface area contributed by atoms with E-state index in [4.69, 9.17) is 5.11 Å². The van der Waals surface area contributed by atoms with Crippen molar-refractivity contribution in [1.29, 1.82) is 0 Å². The van der Waals surface area contributed by atoms with Crippen LogP contribution >= 0.6 is 11.3 Å². The second kappa shape index (κ2) is 6.37. The Morgan fingerprint density at radius 1 is 1.60 bits per heavy atom. The van der Waals surface area contributed by atoms with Crippen LogP contribution in [0.5, 0.6) is 0 Å². The second-order valence-electron chi connectivity index (χ2n) is 5.25. The smallest absolute Gasteiger partial charge is 0.308 e. The van der Waals surface area contributed by atoms with Crippen LogP contribution in [0.1, 0.15) is 31.2 Å². The van der Waals surface area contributed by atoms with E-state index in [0.29, 0.717) is 13.0 Å². The molecule has 0 aliphatic carbocycles. The summed E-state index contributed by atoms with van der Waals surface area (Å²) in [7, 11) is 0. The number of nitrogens with one attached hydrogen (secondary N) is 1. The largest absolute Gasteiger partial charge is 0.481 e. The molecule has 1 aliphatic heterocycles. The van der Waals surface area contributed by atoms with Crippen LogP contribution in [-0.4, -0.2) is 41.0 Å². The van der Waals surface area contributed by atoms with E-state index >= 15 is 0 Å². The van der Waals surface area contributed by atoms with Gasteiger partial charge >= 0.3 is 5.97 Å². The summed E-state index contributed by atoms with van der Waals surface area (Å²) in [6, 6.07) is 3.86. The van der Waals surface area contributed by atoms with E-state index in [-0.39, 0.29) is 30.5 Å². The number of aliphatic carboxylic acids is 1. The summed E-state index contributed by atoms with van der Waals surface area (Å²) in [6.07, 6.45) is 0.615. The number of carbonyl (C=O) groups is 2. The molecule has 0 radical (unpaired) electrons. The second-order valence-corrected chi connectivity index (χ2v) is 6.23. The van der Waals surface area contributed by atoms with Crippen molar-refractivity contribution >= 4 is 23.2 Å². The summed E-state index contributed by atoms with van der Waals surface area (Å²) in [5.41, 5.74) is 0. The fraction of sp³-hybridized carbons (Fsp3) is 0.571. The third-order valence-electron chi connectivity index (χ3n) is 3.90. The SMILES string of the molecule is CC(NC(=O)CN1CCC(C(=O)O)C1C)c1cccs1. The van der Waals surface area contributed by atoms with E-state index in [1.165, 1.54) is 0 Å². The van der Waals surface area contributed by atoms with Crippen LogP contribution in [0.4, 0.5) is 0 Å². The average molecular weight is 296 g/mol. The maximum atomic E-state index is 12.0. The molecule has 2 N–H and O–H groups in total. The van der Waals surface area contributed by atoms with Crippen molar-refractivity contribution in [2.24, 2.45) is 5.92 Å². The van der Waals surface area contributed by atoms with Crippen LogP contribution in [0.2, 0.25) is 0 Å². The normalized spacial score (nSPS) is 24.5. The number of carbonyl (C=O) groups excluding carboxylic acids is 1. The van der Waals surface area contributed by atoms with Gasteiger partial charge in [-0.25, -0.2) is 0 Å². The molecule has 0 saturated carbocycles. The number of amides is 1. The Kier molecular flexibility index (Phi) is 4.77. The minimum Gasteiger partial charge on any atom is -0.481 e. The average Bonchev–Trinajstić information content (AvgIpc) is 3.00. The molecule has 2 rings (SSSR count). The van der Waals surface area contributed by atoms with E-state index in [1.54, 1.807) is 11.3 Å². The zero-order chi connectivity index (χ0) is 14.7. The lowest BCUT2D eigenvalue weighted by Gasteiger charge is -2.23. The third kappa shape index (κ3) is 3.37. The number of likely N-dealkylation sites (tertiary alicyclic amines) is 1. The zero-order valence-corrected chi connectivity index (χ0v) is 12.5. The Labute approximate surface area is 122 Å². The molecular formula is C14H20N2O3S. The van der Waals surface area contributed by atoms with Gasteiger partial charge in [-0.3, -0.25) is 14.5 Å². The summed E-state index contributed by atoms with van der Waals surface area (Å²) in [6.45, 7) is 4.76. The van der Waals surface area contributed by atoms with Crippen LogP contribution in [0.15, 0.2) is 17.5 Å². The Bertz CT molecular complexity index is 475. The zero-order valence-electron chi connectivity index (χ0n) is 11.7. The summed E-state index contributed by atoms with van der Waals surface area (Å²) in [4.78, 5) is 26.1. The van der Waals surface area contributed by atoms with Crippen molar-refractivity contribution in [2.45, 2.75) is 32.4 Å². The maximum absolute atomic E-state index is 12.0. The summed E-state index contributed by atoms with van der Waals surface area (Å²) in [5, 5.41) is 14.0. The number of nitrogens with zero attached hydrogens (tertiary/aromatic N) is 1. The molecular weight excluding hydrogens is 276 g/mol. The standard InChI is InChI=1S/C14H20N2O3S/c1-9(12-4-3-7-20-12)15-13(17)8-16-6-5-11(10(16)2)14(18)19/h3-4,7,9-11H,5-6,8H2,1-2H3,(H,15,17)(H,18,19). The highest BCUT2D eigenvalue weighted by Gasteiger charge is 2.36. The highest BCUT2D eigenvalue weighted by Crippen LogP contribution is 2.24. The van der Waals surface area contributed by atoms with Gasteiger partial charge in [0.05, 0.1) is 18.5 Å². The molecule has 1 aromatic rings. The highest BCUT2D eigenvalue weighted by molar-refractivity contribution is 7.10. The predicted molar refractivity (Wildman–Crippen MR) is 77.7 cm³/mol. The number of rotatable bonds is 5. The van der Waals surface area contributed by atoms with Gasteiger partial charge in [0, 0.05) is 10.9 Å². The molecule has 3 atom stereocenters. The molecule has 6 heteroatoms. The lowest BCUT2D eigenvalue weighted by molar-refractivity contribution is -0.142. The number of carboxylic acids is 1. The van der Waals surface area contributed by atoms with E-state index in [1.807, 2.05) is 36.3 Å². The van der Waals surface area contributed by atoms with Crippen LogP contribution in [0.3, 0.4) is 0 Å². The molecule has 0 bridgehead atoms. The van der Waals surface area contributed by atoms with Crippen molar-refractivity contribution in [2.75, 3.05) is 13.1 Å². The fourth-order valence-corrected chi connectivity index (χ4v) is 3.37. The van der Waals surface area contributed by atoms with Gasteiger partial charge in [-0.1, -0.05) is 6.07 Å². The van der Waals surface area contributed by atoms with E-state index in [9.17, 15) is 9.59 Å². The monoisotopic (exact) mass is 296 g/mol. The van der Waals surface area contributed by atoms with Crippen molar-refractivity contribution in [3.05, 3.63) is 22.4 Å². The maximum Gasteiger partial charge on any atom is 0.308 e. The van der Waals surface area contributed by atoms with Gasteiger partial charge < -0.3 is 10.4 Å². The summed E-state index contributed by atoms with van der Waals surface area (Å²) < 4.78 is 0. The van der Waals surface area contributed by atoms with Gasteiger partial charge in [0.15, 0.2) is 0 Å². The van der Waals surface area contributed by atoms with Crippen LogP contribution in [-0.2, 0) is 9.59 Å². The van der Waals surface area contributed by atoms with Gasteiger partial charge in [-0.05, 0) is 38.3 Å². The first-order valence-corrected chi connectivity index (χ1v) is 7.66. The van der Waals surface area contributed by atoms with E-state index in [0.717, 1.165) is 4.88 Å². The molecule has 1 amide bonds. The van der Waals surface area contributed by atoms with Crippen LogP contribution in [0.25, 0.3) is 0 Å². The Balaban J connectivity index is 1.85. The topological polar surface area (TPSA) is 69.6 Å². The molecule has 3 unspecified atom stereocenters. The quantitative estimate of drug-likeness (QED) is 0.868. The first kappa shape index (κ1) is 15.0. The third-order valence-corrected chi connectivity index (χ3v) is 4.95. The molecule has 1 fully saturated rings. The Morgan fingerprint density at radius 2 is 2.35 bits per heavy atom. The van der Waals surface area contributed by atoms with Crippen molar-refractivity contribution in [1.82, 2.24) is 10.2 Å². The lowest BCUT2D eigenvalue weighted by Crippen LogP contribution is -2.41. The molecule has 1 saturated heterocycles. The van der Waals surface area contributed by atoms with Gasteiger partial charge in [0.25, 0.3) is 0 Å². The van der Waals surface area contributed by atoms with Crippen molar-refractivity contribution < 1.29 is 14.7 Å². The first-order chi connectivity index (χ1) is 9.49. The molecule has 110 valence electrons. The summed E-state index contributed by atoms with van der Waals surface area (Å²) in [5.74, 6) is -1.19. The van der Waals surface area contributed by atoms with Gasteiger partial charge in [0.2, 0.25) is 5.91 Å². The number of thiophene rings is 1. The van der Waals surface area contributed by atoms with Gasteiger partial charge in [-0.15, -0.1) is 11.3 Å². The van der Waals surface area contributed by atoms with E-state index < -0.39 is 5.97 Å².